The Bertz CT molecular complexity index is 500. The van der Waals surface area contributed by atoms with Crippen LogP contribution in [0.2, 0.25) is 0 Å². The van der Waals surface area contributed by atoms with Crippen molar-refractivity contribution in [2.75, 3.05) is 6.54 Å². The smallest absolute Gasteiger partial charge is 0.308 e. The van der Waals surface area contributed by atoms with Gasteiger partial charge in [-0.2, -0.15) is 0 Å². The van der Waals surface area contributed by atoms with E-state index in [4.69, 9.17) is 0 Å². The van der Waals surface area contributed by atoms with Gasteiger partial charge in [-0.25, -0.2) is 4.98 Å². The predicted molar refractivity (Wildman–Crippen MR) is 76.7 cm³/mol. The van der Waals surface area contributed by atoms with Crippen LogP contribution in [0.5, 0.6) is 0 Å². The van der Waals surface area contributed by atoms with E-state index >= 15 is 0 Å². The summed E-state index contributed by atoms with van der Waals surface area (Å²) in [6, 6.07) is -0.238. The molecule has 5 nitrogen and oxygen atoms in total. The van der Waals surface area contributed by atoms with Gasteiger partial charge in [0, 0.05) is 18.0 Å². The molecule has 0 saturated carbocycles. The highest BCUT2D eigenvalue weighted by molar-refractivity contribution is 7.09. The van der Waals surface area contributed by atoms with E-state index in [9.17, 15) is 14.7 Å². The largest absolute Gasteiger partial charge is 0.481 e. The lowest BCUT2D eigenvalue weighted by atomic mass is 9.90. The summed E-state index contributed by atoms with van der Waals surface area (Å²) in [5.74, 6) is -1.28. The molecule has 110 valence electrons. The molecule has 0 spiro atoms. The predicted octanol–water partition coefficient (Wildman–Crippen LogP) is 1.96. The molecule has 20 heavy (non-hydrogen) atoms. The maximum absolute atomic E-state index is 12.3. The molecule has 6 heteroatoms. The van der Waals surface area contributed by atoms with E-state index in [1.54, 1.807) is 16.2 Å². The average molecular weight is 296 g/mol. The number of hydrogen-bond acceptors (Lipinski definition) is 4. The van der Waals surface area contributed by atoms with Gasteiger partial charge < -0.3 is 10.0 Å². The molecule has 1 aromatic heterocycles. The minimum absolute atomic E-state index is 0.0172. The van der Waals surface area contributed by atoms with Gasteiger partial charge in [-0.15, -0.1) is 11.3 Å². The number of amides is 1. The Balaban J connectivity index is 2.02. The van der Waals surface area contributed by atoms with Crippen molar-refractivity contribution in [2.45, 2.75) is 45.6 Å². The highest BCUT2D eigenvalue weighted by Gasteiger charge is 2.35. The van der Waals surface area contributed by atoms with E-state index < -0.39 is 11.9 Å². The number of hydrogen-bond donors (Lipinski definition) is 1. The van der Waals surface area contributed by atoms with E-state index in [2.05, 4.69) is 4.98 Å². The van der Waals surface area contributed by atoms with Gasteiger partial charge >= 0.3 is 5.97 Å². The fourth-order valence-corrected chi connectivity index (χ4v) is 3.42. The Morgan fingerprint density at radius 2 is 2.30 bits per heavy atom. The number of carboxylic acid groups (broad SMARTS) is 1. The summed E-state index contributed by atoms with van der Waals surface area (Å²) in [7, 11) is 0. The molecule has 1 aromatic rings. The van der Waals surface area contributed by atoms with Crippen LogP contribution in [0.25, 0.3) is 0 Å². The van der Waals surface area contributed by atoms with Crippen LogP contribution < -0.4 is 0 Å². The maximum Gasteiger partial charge on any atom is 0.308 e. The second kappa shape index (κ2) is 6.35. The summed E-state index contributed by atoms with van der Waals surface area (Å²) in [6.07, 6.45) is 2.55. The number of nitrogens with zero attached hydrogens (tertiary/aromatic N) is 2. The minimum atomic E-state index is -0.808. The molecule has 1 fully saturated rings. The number of aryl methyl sites for hydroxylation is 1. The number of aromatic nitrogens is 1. The zero-order chi connectivity index (χ0) is 14.7. The van der Waals surface area contributed by atoms with Gasteiger partial charge in [-0.05, 0) is 26.2 Å². The van der Waals surface area contributed by atoms with Crippen LogP contribution in [-0.2, 0) is 22.4 Å². The van der Waals surface area contributed by atoms with Gasteiger partial charge in [-0.3, -0.25) is 9.59 Å². The molecule has 0 bridgehead atoms. The van der Waals surface area contributed by atoms with Gasteiger partial charge in [0.15, 0.2) is 0 Å². The first-order chi connectivity index (χ1) is 9.52. The van der Waals surface area contributed by atoms with Crippen LogP contribution in [0, 0.1) is 5.92 Å². The fourth-order valence-electron chi connectivity index (χ4n) is 2.67. The highest BCUT2D eigenvalue weighted by Crippen LogP contribution is 2.24. The summed E-state index contributed by atoms with van der Waals surface area (Å²) in [6.45, 7) is 4.51. The first-order valence-corrected chi connectivity index (χ1v) is 7.86. The van der Waals surface area contributed by atoms with Crippen molar-refractivity contribution < 1.29 is 14.7 Å². The van der Waals surface area contributed by atoms with E-state index in [0.717, 1.165) is 23.5 Å². The highest BCUT2D eigenvalue weighted by atomic mass is 32.1. The molecule has 1 saturated heterocycles. The van der Waals surface area contributed by atoms with Crippen LogP contribution in [-0.4, -0.2) is 39.5 Å². The molecule has 2 atom stereocenters. The van der Waals surface area contributed by atoms with Crippen molar-refractivity contribution in [3.8, 4) is 0 Å². The zero-order valence-corrected chi connectivity index (χ0v) is 12.7. The molecule has 2 heterocycles. The number of likely N-dealkylation sites (tertiary alicyclic amines) is 1. The molecule has 1 aliphatic rings. The Morgan fingerprint density at radius 3 is 2.90 bits per heavy atom. The summed E-state index contributed by atoms with van der Waals surface area (Å²) >= 11 is 1.57. The fraction of sp³-hybridized carbons (Fsp3) is 0.643. The quantitative estimate of drug-likeness (QED) is 0.922. The lowest BCUT2D eigenvalue weighted by Crippen LogP contribution is -2.49. The van der Waals surface area contributed by atoms with Crippen LogP contribution in [0.3, 0.4) is 0 Å². The van der Waals surface area contributed by atoms with Gasteiger partial charge in [0.1, 0.15) is 0 Å². The third-order valence-electron chi connectivity index (χ3n) is 3.86. The standard InChI is InChI=1S/C14H20N2O3S/c1-3-12-15-10(8-20-12)7-13(17)16-6-4-5-11(9(16)2)14(18)19/h8-9,11H,3-7H2,1-2H3,(H,18,19)/t9-,11-/m0/s1. The Morgan fingerprint density at radius 1 is 1.55 bits per heavy atom. The van der Waals surface area contributed by atoms with Crippen LogP contribution >= 0.6 is 11.3 Å². The second-order valence-corrected chi connectivity index (χ2v) is 6.12. The third-order valence-corrected chi connectivity index (χ3v) is 4.90. The van der Waals surface area contributed by atoms with E-state index in [-0.39, 0.29) is 18.4 Å². The number of carbonyl (C=O) groups excluding carboxylic acids is 1. The van der Waals surface area contributed by atoms with Gasteiger partial charge in [0.05, 0.1) is 23.0 Å². The summed E-state index contributed by atoms with van der Waals surface area (Å²) in [4.78, 5) is 29.6. The lowest BCUT2D eigenvalue weighted by Gasteiger charge is -2.37. The molecule has 0 radical (unpaired) electrons. The maximum atomic E-state index is 12.3. The zero-order valence-electron chi connectivity index (χ0n) is 11.8. The molecular formula is C14H20N2O3S. The molecule has 2 rings (SSSR count). The summed E-state index contributed by atoms with van der Waals surface area (Å²) < 4.78 is 0. The SMILES string of the molecule is CCc1nc(CC(=O)N2CCC[C@H](C(=O)O)[C@@H]2C)cs1. The lowest BCUT2D eigenvalue weighted by molar-refractivity contribution is -0.148. The van der Waals surface area contributed by atoms with Crippen molar-refractivity contribution in [3.63, 3.8) is 0 Å². The van der Waals surface area contributed by atoms with Gasteiger partial charge in [0.25, 0.3) is 0 Å². The van der Waals surface area contributed by atoms with Crippen LogP contribution in [0.4, 0.5) is 0 Å². The topological polar surface area (TPSA) is 70.5 Å². The normalized spacial score (nSPS) is 22.8. The van der Waals surface area contributed by atoms with Crippen molar-refractivity contribution in [1.29, 1.82) is 0 Å². The number of aliphatic carboxylic acids is 1. The molecule has 1 amide bonds. The van der Waals surface area contributed by atoms with E-state index in [1.807, 2.05) is 19.2 Å². The molecule has 1 aliphatic heterocycles. The molecule has 0 unspecified atom stereocenters. The number of piperidine rings is 1. The monoisotopic (exact) mass is 296 g/mol. The Labute approximate surface area is 122 Å². The molecule has 0 aliphatic carbocycles. The molecule has 1 N–H and O–H groups in total. The third kappa shape index (κ3) is 3.17. The Kier molecular flexibility index (Phi) is 4.75. The average Bonchev–Trinajstić information content (AvgIpc) is 2.86. The van der Waals surface area contributed by atoms with Crippen molar-refractivity contribution >= 4 is 23.2 Å². The van der Waals surface area contributed by atoms with Gasteiger partial charge in [0.2, 0.25) is 5.91 Å². The molecular weight excluding hydrogens is 276 g/mol. The van der Waals surface area contributed by atoms with Crippen molar-refractivity contribution in [2.24, 2.45) is 5.92 Å². The summed E-state index contributed by atoms with van der Waals surface area (Å²) in [5.41, 5.74) is 0.793. The van der Waals surface area contributed by atoms with Crippen molar-refractivity contribution in [1.82, 2.24) is 9.88 Å². The summed E-state index contributed by atoms with van der Waals surface area (Å²) in [5, 5.41) is 12.1. The number of carbonyl (C=O) groups is 2. The first-order valence-electron chi connectivity index (χ1n) is 6.98. The van der Waals surface area contributed by atoms with Crippen molar-refractivity contribution in [3.05, 3.63) is 16.1 Å². The van der Waals surface area contributed by atoms with Crippen LogP contribution in [0.1, 0.15) is 37.4 Å². The Hall–Kier alpha value is -1.43. The van der Waals surface area contributed by atoms with Crippen LogP contribution in [0.15, 0.2) is 5.38 Å². The number of thiazole rings is 1. The molecule has 0 aromatic carbocycles. The first kappa shape index (κ1) is 15.0. The second-order valence-electron chi connectivity index (χ2n) is 5.18. The minimum Gasteiger partial charge on any atom is -0.481 e. The number of carboxylic acids is 1. The van der Waals surface area contributed by atoms with Gasteiger partial charge in [-0.1, -0.05) is 6.92 Å². The van der Waals surface area contributed by atoms with E-state index in [0.29, 0.717) is 13.0 Å². The van der Waals surface area contributed by atoms with E-state index in [1.165, 1.54) is 0 Å². The number of rotatable bonds is 4.